The van der Waals surface area contributed by atoms with Crippen molar-refractivity contribution in [2.75, 3.05) is 13.7 Å². The fourth-order valence-corrected chi connectivity index (χ4v) is 3.03. The largest absolute Gasteiger partial charge is 0.383 e. The molecule has 1 aromatic heterocycles. The summed E-state index contributed by atoms with van der Waals surface area (Å²) in [5, 5.41) is 7.24. The highest BCUT2D eigenvalue weighted by Gasteiger charge is 2.20. The van der Waals surface area contributed by atoms with Gasteiger partial charge in [0, 0.05) is 13.2 Å². The first kappa shape index (κ1) is 21.8. The lowest BCUT2D eigenvalue weighted by atomic mass is 9.94. The number of hydrogen-bond donors (Lipinski definition) is 1. The molecule has 0 spiro atoms. The van der Waals surface area contributed by atoms with E-state index in [4.69, 9.17) is 4.74 Å². The molecule has 1 N–H and O–H groups in total. The van der Waals surface area contributed by atoms with Crippen molar-refractivity contribution in [3.63, 3.8) is 0 Å². The number of hydrogen-bond acceptors (Lipinski definition) is 4. The van der Waals surface area contributed by atoms with E-state index in [9.17, 15) is 9.59 Å². The lowest BCUT2D eigenvalue weighted by Gasteiger charge is -2.23. The molecule has 1 unspecified atom stereocenters. The molecule has 0 aliphatic carbocycles. The van der Waals surface area contributed by atoms with E-state index in [0.717, 1.165) is 12.0 Å². The van der Waals surface area contributed by atoms with Crippen molar-refractivity contribution < 1.29 is 9.53 Å². The van der Waals surface area contributed by atoms with E-state index in [1.165, 1.54) is 35.2 Å². The quantitative estimate of drug-likeness (QED) is 0.681. The Labute approximate surface area is 166 Å². The molecule has 2 rings (SSSR count). The van der Waals surface area contributed by atoms with Gasteiger partial charge in [0.1, 0.15) is 5.69 Å². The normalized spacial score (nSPS) is 12.2. The molecule has 6 heteroatoms. The van der Waals surface area contributed by atoms with Crippen molar-refractivity contribution in [3.05, 3.63) is 63.6 Å². The number of ether oxygens (including phenoxy) is 1. The number of amides is 1. The predicted molar refractivity (Wildman–Crippen MR) is 110 cm³/mol. The van der Waals surface area contributed by atoms with Crippen molar-refractivity contribution in [1.82, 2.24) is 15.1 Å². The van der Waals surface area contributed by atoms with Crippen LogP contribution in [0, 0.1) is 5.92 Å². The number of nitrogens with one attached hydrogen (secondary N) is 1. The molecule has 0 saturated carbocycles. The second-order valence-corrected chi connectivity index (χ2v) is 7.31. The molecule has 0 bridgehead atoms. The number of carbonyl (C=O) groups is 1. The molecular formula is C22H31N3O3. The monoisotopic (exact) mass is 385 g/mol. The molecule has 0 aliphatic heterocycles. The van der Waals surface area contributed by atoms with Crippen LogP contribution in [0.1, 0.15) is 61.3 Å². The first-order valence-electron chi connectivity index (χ1n) is 9.93. The van der Waals surface area contributed by atoms with Gasteiger partial charge in [0.2, 0.25) is 0 Å². The van der Waals surface area contributed by atoms with Gasteiger partial charge in [-0.1, -0.05) is 51.5 Å². The summed E-state index contributed by atoms with van der Waals surface area (Å²) in [6, 6.07) is 11.1. The summed E-state index contributed by atoms with van der Waals surface area (Å²) < 4.78 is 6.24. The van der Waals surface area contributed by atoms with Gasteiger partial charge in [-0.2, -0.15) is 5.10 Å². The molecule has 1 atom stereocenters. The number of aromatic nitrogens is 2. The molecule has 0 aliphatic rings. The molecular weight excluding hydrogens is 354 g/mol. The summed E-state index contributed by atoms with van der Waals surface area (Å²) in [4.78, 5) is 24.6. The van der Waals surface area contributed by atoms with E-state index >= 15 is 0 Å². The number of aryl methyl sites for hydroxylation is 1. The van der Waals surface area contributed by atoms with Gasteiger partial charge < -0.3 is 10.1 Å². The number of benzene rings is 1. The van der Waals surface area contributed by atoms with Gasteiger partial charge in [0.25, 0.3) is 11.5 Å². The Morgan fingerprint density at radius 2 is 1.89 bits per heavy atom. The average Bonchev–Trinajstić information content (AvgIpc) is 2.70. The van der Waals surface area contributed by atoms with Gasteiger partial charge in [-0.3, -0.25) is 9.59 Å². The van der Waals surface area contributed by atoms with Crippen LogP contribution in [0.3, 0.4) is 0 Å². The lowest BCUT2D eigenvalue weighted by molar-refractivity contribution is 0.0916. The number of nitrogens with zero attached hydrogens (tertiary/aromatic N) is 2. The van der Waals surface area contributed by atoms with Crippen molar-refractivity contribution in [1.29, 1.82) is 0 Å². The summed E-state index contributed by atoms with van der Waals surface area (Å²) in [5.74, 6) is -0.0789. The van der Waals surface area contributed by atoms with Crippen LogP contribution in [-0.2, 0) is 17.7 Å². The van der Waals surface area contributed by atoms with E-state index in [1.54, 1.807) is 7.11 Å². The number of rotatable bonds is 10. The average molecular weight is 386 g/mol. The predicted octanol–water partition coefficient (Wildman–Crippen LogP) is 3.36. The third-order valence-electron chi connectivity index (χ3n) is 4.72. The third-order valence-corrected chi connectivity index (χ3v) is 4.72. The minimum atomic E-state index is -0.292. The van der Waals surface area contributed by atoms with Crippen LogP contribution in [0.25, 0.3) is 0 Å². The van der Waals surface area contributed by atoms with Gasteiger partial charge in [-0.25, -0.2) is 4.68 Å². The van der Waals surface area contributed by atoms with E-state index in [-0.39, 0.29) is 29.1 Å². The van der Waals surface area contributed by atoms with Gasteiger partial charge >= 0.3 is 0 Å². The van der Waals surface area contributed by atoms with Crippen molar-refractivity contribution >= 4 is 5.91 Å². The Balaban J connectivity index is 2.15. The van der Waals surface area contributed by atoms with Gasteiger partial charge in [-0.15, -0.1) is 0 Å². The standard InChI is InChI=1S/C22H31N3O3/c1-5-6-7-17-8-10-18(11-9-17)21(16(2)3)23-22(27)19-12-13-20(26)25(24-19)14-15-28-4/h8-13,16,21H,5-7,14-15H2,1-4H3,(H,23,27). The maximum Gasteiger partial charge on any atom is 0.272 e. The first-order chi connectivity index (χ1) is 13.5. The van der Waals surface area contributed by atoms with Crippen LogP contribution in [0.4, 0.5) is 0 Å². The Kier molecular flexibility index (Phi) is 8.39. The molecule has 0 saturated heterocycles. The molecule has 1 amide bonds. The maximum atomic E-state index is 12.8. The van der Waals surface area contributed by atoms with Crippen LogP contribution in [0.2, 0.25) is 0 Å². The fraction of sp³-hybridized carbons (Fsp3) is 0.500. The van der Waals surface area contributed by atoms with Crippen molar-refractivity contribution in [2.45, 2.75) is 52.6 Å². The molecule has 1 heterocycles. The maximum absolute atomic E-state index is 12.8. The van der Waals surface area contributed by atoms with Crippen LogP contribution < -0.4 is 10.9 Å². The second kappa shape index (κ2) is 10.8. The van der Waals surface area contributed by atoms with E-state index in [0.29, 0.717) is 13.2 Å². The van der Waals surface area contributed by atoms with Crippen LogP contribution in [-0.4, -0.2) is 29.4 Å². The highest BCUT2D eigenvalue weighted by Crippen LogP contribution is 2.23. The smallest absolute Gasteiger partial charge is 0.272 e. The molecule has 0 radical (unpaired) electrons. The molecule has 0 fully saturated rings. The Morgan fingerprint density at radius 3 is 2.50 bits per heavy atom. The second-order valence-electron chi connectivity index (χ2n) is 7.31. The minimum Gasteiger partial charge on any atom is -0.383 e. The van der Waals surface area contributed by atoms with Gasteiger partial charge in [-0.05, 0) is 36.0 Å². The summed E-state index contributed by atoms with van der Waals surface area (Å²) >= 11 is 0. The van der Waals surface area contributed by atoms with Crippen molar-refractivity contribution in [2.24, 2.45) is 5.92 Å². The zero-order valence-corrected chi connectivity index (χ0v) is 17.3. The van der Waals surface area contributed by atoms with Gasteiger partial charge in [0.05, 0.1) is 19.2 Å². The zero-order valence-electron chi connectivity index (χ0n) is 17.3. The third kappa shape index (κ3) is 6.02. The topological polar surface area (TPSA) is 73.2 Å². The highest BCUT2D eigenvalue weighted by atomic mass is 16.5. The number of carbonyl (C=O) groups excluding carboxylic acids is 1. The van der Waals surface area contributed by atoms with E-state index < -0.39 is 0 Å². The first-order valence-corrected chi connectivity index (χ1v) is 9.93. The molecule has 152 valence electrons. The SMILES string of the molecule is CCCCc1ccc(C(NC(=O)c2ccc(=O)n(CCOC)n2)C(C)C)cc1. The summed E-state index contributed by atoms with van der Waals surface area (Å²) in [6.07, 6.45) is 3.42. The molecule has 2 aromatic rings. The Hall–Kier alpha value is -2.47. The van der Waals surface area contributed by atoms with E-state index in [1.807, 2.05) is 0 Å². The van der Waals surface area contributed by atoms with E-state index in [2.05, 4.69) is 55.5 Å². The number of methoxy groups -OCH3 is 1. The molecule has 1 aromatic carbocycles. The van der Waals surface area contributed by atoms with Crippen LogP contribution >= 0.6 is 0 Å². The fourth-order valence-electron chi connectivity index (χ4n) is 3.03. The Bertz CT molecular complexity index is 813. The van der Waals surface area contributed by atoms with Crippen molar-refractivity contribution in [3.8, 4) is 0 Å². The number of unbranched alkanes of at least 4 members (excludes halogenated alkanes) is 1. The summed E-state index contributed by atoms with van der Waals surface area (Å²) in [6.45, 7) is 7.00. The van der Waals surface area contributed by atoms with Gasteiger partial charge in [0.15, 0.2) is 0 Å². The van der Waals surface area contributed by atoms with Crippen LogP contribution in [0.15, 0.2) is 41.2 Å². The zero-order chi connectivity index (χ0) is 20.5. The molecule has 28 heavy (non-hydrogen) atoms. The Morgan fingerprint density at radius 1 is 1.18 bits per heavy atom. The highest BCUT2D eigenvalue weighted by molar-refractivity contribution is 5.92. The molecule has 6 nitrogen and oxygen atoms in total. The summed E-state index contributed by atoms with van der Waals surface area (Å²) in [5.41, 5.74) is 2.35. The van der Waals surface area contributed by atoms with Crippen LogP contribution in [0.5, 0.6) is 0 Å². The summed E-state index contributed by atoms with van der Waals surface area (Å²) in [7, 11) is 1.56. The lowest BCUT2D eigenvalue weighted by Crippen LogP contribution is -2.34. The minimum absolute atomic E-state index is 0.131.